The summed E-state index contributed by atoms with van der Waals surface area (Å²) in [5, 5.41) is 17.3. The topological polar surface area (TPSA) is 115 Å². The van der Waals surface area contributed by atoms with Crippen LogP contribution >= 0.6 is 0 Å². The minimum Gasteiger partial charge on any atom is -0.501 e. The van der Waals surface area contributed by atoms with Gasteiger partial charge in [0, 0.05) is 18.5 Å². The molecule has 0 saturated heterocycles. The van der Waals surface area contributed by atoms with E-state index in [9.17, 15) is 19.1 Å². The molecule has 0 unspecified atom stereocenters. The highest BCUT2D eigenvalue weighted by Gasteiger charge is 2.42. The number of benzene rings is 1. The van der Waals surface area contributed by atoms with Crippen LogP contribution in [0.4, 0.5) is 4.39 Å². The third-order valence-electron chi connectivity index (χ3n) is 6.87. The van der Waals surface area contributed by atoms with Gasteiger partial charge in [0.2, 0.25) is 5.75 Å². The van der Waals surface area contributed by atoms with Crippen molar-refractivity contribution in [2.24, 2.45) is 0 Å². The predicted octanol–water partition coefficient (Wildman–Crippen LogP) is 2.51. The van der Waals surface area contributed by atoms with E-state index in [-0.39, 0.29) is 17.7 Å². The number of aromatic hydroxyl groups is 1. The summed E-state index contributed by atoms with van der Waals surface area (Å²) >= 11 is 0. The van der Waals surface area contributed by atoms with Gasteiger partial charge in [0.25, 0.3) is 11.5 Å². The first kappa shape index (κ1) is 21.3. The third kappa shape index (κ3) is 3.59. The Morgan fingerprint density at radius 1 is 1.24 bits per heavy atom. The lowest BCUT2D eigenvalue weighted by Gasteiger charge is -2.35. The number of amides is 1. The summed E-state index contributed by atoms with van der Waals surface area (Å²) in [5.74, 6) is -0.564. The molecule has 9 nitrogen and oxygen atoms in total. The standard InChI is InChI=1S/C23H25FN6O3/c1-14-26-13-27-30(14)17-11-16(24)6-5-15(17)12-25-20(32)18-19(31)21(33)29-10-4-9-23(22(29)28-18)7-2-3-8-23/h5-6,11,13,31H,2-4,7-10,12H2,1H3,(H,25,32). The number of hydrogen-bond donors (Lipinski definition) is 2. The highest BCUT2D eigenvalue weighted by atomic mass is 19.1. The third-order valence-corrected chi connectivity index (χ3v) is 6.87. The van der Waals surface area contributed by atoms with E-state index in [0.717, 1.165) is 38.5 Å². The first-order valence-corrected chi connectivity index (χ1v) is 11.2. The maximum atomic E-state index is 13.9. The van der Waals surface area contributed by atoms with E-state index in [1.165, 1.54) is 27.7 Å². The van der Waals surface area contributed by atoms with E-state index in [0.29, 0.717) is 29.4 Å². The van der Waals surface area contributed by atoms with Crippen LogP contribution in [0.25, 0.3) is 5.69 Å². The van der Waals surface area contributed by atoms with Crippen molar-refractivity contribution in [2.75, 3.05) is 0 Å². The number of hydrogen-bond acceptors (Lipinski definition) is 6. The zero-order chi connectivity index (χ0) is 23.2. The summed E-state index contributed by atoms with van der Waals surface area (Å²) in [6.45, 7) is 2.26. The molecular weight excluding hydrogens is 427 g/mol. The van der Waals surface area contributed by atoms with Crippen molar-refractivity contribution in [3.8, 4) is 11.4 Å². The van der Waals surface area contributed by atoms with E-state index in [2.05, 4.69) is 20.4 Å². The van der Waals surface area contributed by atoms with Crippen LogP contribution in [-0.2, 0) is 18.5 Å². The van der Waals surface area contributed by atoms with Crippen LogP contribution in [0.2, 0.25) is 0 Å². The Morgan fingerprint density at radius 2 is 2.00 bits per heavy atom. The molecule has 172 valence electrons. The van der Waals surface area contributed by atoms with E-state index in [1.54, 1.807) is 13.0 Å². The lowest BCUT2D eigenvalue weighted by molar-refractivity contribution is 0.0940. The highest BCUT2D eigenvalue weighted by molar-refractivity contribution is 5.94. The van der Waals surface area contributed by atoms with Gasteiger partial charge in [-0.3, -0.25) is 14.2 Å². The average Bonchev–Trinajstić information content (AvgIpc) is 3.45. The lowest BCUT2D eigenvalue weighted by Crippen LogP contribution is -2.41. The number of carbonyl (C=O) groups excluding carboxylic acids is 1. The molecule has 1 amide bonds. The Bertz CT molecular complexity index is 1290. The maximum Gasteiger partial charge on any atom is 0.296 e. The van der Waals surface area contributed by atoms with Crippen molar-refractivity contribution in [3.63, 3.8) is 0 Å². The highest BCUT2D eigenvalue weighted by Crippen LogP contribution is 2.45. The number of nitrogens with one attached hydrogen (secondary N) is 1. The number of aromatic nitrogens is 5. The van der Waals surface area contributed by atoms with Gasteiger partial charge in [-0.2, -0.15) is 5.10 Å². The summed E-state index contributed by atoms with van der Waals surface area (Å²) in [6.07, 6.45) is 7.14. The monoisotopic (exact) mass is 452 g/mol. The van der Waals surface area contributed by atoms with Crippen LogP contribution in [0.15, 0.2) is 29.3 Å². The maximum absolute atomic E-state index is 13.9. The summed E-state index contributed by atoms with van der Waals surface area (Å²) < 4.78 is 16.9. The van der Waals surface area contributed by atoms with Crippen LogP contribution in [-0.4, -0.2) is 35.3 Å². The Kier molecular flexibility index (Phi) is 5.22. The molecule has 3 aromatic rings. The Morgan fingerprint density at radius 3 is 2.73 bits per heavy atom. The smallest absolute Gasteiger partial charge is 0.296 e. The Balaban J connectivity index is 1.46. The summed E-state index contributed by atoms with van der Waals surface area (Å²) in [5.41, 5.74) is 0.00376. The molecule has 1 aliphatic heterocycles. The van der Waals surface area contributed by atoms with Crippen LogP contribution in [0, 0.1) is 12.7 Å². The molecule has 5 rings (SSSR count). The number of nitrogens with zero attached hydrogens (tertiary/aromatic N) is 5. The van der Waals surface area contributed by atoms with E-state index < -0.39 is 23.0 Å². The van der Waals surface area contributed by atoms with Crippen LogP contribution in [0.5, 0.6) is 5.75 Å². The second-order valence-electron chi connectivity index (χ2n) is 8.86. The number of carbonyl (C=O) groups is 1. The molecule has 3 heterocycles. The Hall–Kier alpha value is -3.56. The molecular formula is C23H25FN6O3. The van der Waals surface area contributed by atoms with Gasteiger partial charge in [-0.15, -0.1) is 0 Å². The number of halogens is 1. The molecule has 1 aromatic carbocycles. The first-order valence-electron chi connectivity index (χ1n) is 11.2. The van der Waals surface area contributed by atoms with Gasteiger partial charge < -0.3 is 10.4 Å². The molecule has 0 atom stereocenters. The minimum absolute atomic E-state index is 0.0262. The number of fused-ring (bicyclic) bond motifs is 2. The largest absolute Gasteiger partial charge is 0.501 e. The van der Waals surface area contributed by atoms with Crippen molar-refractivity contribution >= 4 is 5.91 Å². The zero-order valence-corrected chi connectivity index (χ0v) is 18.3. The van der Waals surface area contributed by atoms with E-state index in [4.69, 9.17) is 0 Å². The molecule has 1 saturated carbocycles. The first-order chi connectivity index (χ1) is 15.9. The second kappa shape index (κ2) is 8.09. The van der Waals surface area contributed by atoms with E-state index >= 15 is 0 Å². The zero-order valence-electron chi connectivity index (χ0n) is 18.3. The van der Waals surface area contributed by atoms with Crippen LogP contribution in [0.3, 0.4) is 0 Å². The molecule has 10 heteroatoms. The molecule has 1 fully saturated rings. The summed E-state index contributed by atoms with van der Waals surface area (Å²) in [7, 11) is 0. The van der Waals surface area contributed by atoms with Crippen molar-refractivity contribution in [1.82, 2.24) is 29.6 Å². The molecule has 2 N–H and O–H groups in total. The lowest BCUT2D eigenvalue weighted by atomic mass is 9.78. The van der Waals surface area contributed by atoms with E-state index in [1.807, 2.05) is 0 Å². The fraction of sp³-hybridized carbons (Fsp3) is 0.435. The molecule has 2 aliphatic rings. The Labute approximate surface area is 189 Å². The molecule has 1 spiro atoms. The second-order valence-corrected chi connectivity index (χ2v) is 8.86. The molecule has 1 aliphatic carbocycles. The minimum atomic E-state index is -0.655. The van der Waals surface area contributed by atoms with Gasteiger partial charge in [-0.1, -0.05) is 18.9 Å². The fourth-order valence-corrected chi connectivity index (χ4v) is 5.21. The van der Waals surface area contributed by atoms with Crippen LogP contribution in [0.1, 0.15) is 66.2 Å². The average molecular weight is 452 g/mol. The SMILES string of the molecule is Cc1ncnn1-c1cc(F)ccc1CNC(=O)c1nc2n(c(=O)c1O)CCCC21CCCC1. The summed E-state index contributed by atoms with van der Waals surface area (Å²) in [4.78, 5) is 34.5. The quantitative estimate of drug-likeness (QED) is 0.629. The van der Waals surface area contributed by atoms with Gasteiger partial charge in [-0.25, -0.2) is 19.0 Å². The van der Waals surface area contributed by atoms with Gasteiger partial charge in [-0.05, 0) is 50.3 Å². The van der Waals surface area contributed by atoms with Crippen molar-refractivity contribution in [2.45, 2.75) is 64.0 Å². The van der Waals surface area contributed by atoms with Crippen LogP contribution < -0.4 is 10.9 Å². The number of rotatable bonds is 4. The summed E-state index contributed by atoms with van der Waals surface area (Å²) in [6, 6.07) is 4.16. The van der Waals surface area contributed by atoms with Crippen molar-refractivity contribution in [1.29, 1.82) is 0 Å². The van der Waals surface area contributed by atoms with Crippen molar-refractivity contribution < 1.29 is 14.3 Å². The van der Waals surface area contributed by atoms with Crippen molar-refractivity contribution in [3.05, 3.63) is 63.6 Å². The molecule has 0 bridgehead atoms. The van der Waals surface area contributed by atoms with Gasteiger partial charge in [0.05, 0.1) is 5.69 Å². The molecule has 33 heavy (non-hydrogen) atoms. The van der Waals surface area contributed by atoms with Gasteiger partial charge in [0.1, 0.15) is 23.8 Å². The van der Waals surface area contributed by atoms with Gasteiger partial charge in [0.15, 0.2) is 5.69 Å². The fourth-order valence-electron chi connectivity index (χ4n) is 5.21. The molecule has 0 radical (unpaired) electrons. The normalized spacial score (nSPS) is 16.7. The van der Waals surface area contributed by atoms with Gasteiger partial charge >= 0.3 is 0 Å². The molecule has 2 aromatic heterocycles. The predicted molar refractivity (Wildman–Crippen MR) is 117 cm³/mol. The number of aryl methyl sites for hydroxylation is 1.